The van der Waals surface area contributed by atoms with E-state index < -0.39 is 0 Å². The summed E-state index contributed by atoms with van der Waals surface area (Å²) in [6.07, 6.45) is 1.86. The lowest BCUT2D eigenvalue weighted by Gasteiger charge is -2.09. The molecule has 164 valence electrons. The highest BCUT2D eigenvalue weighted by Gasteiger charge is 2.14. The van der Waals surface area contributed by atoms with Crippen molar-refractivity contribution in [3.63, 3.8) is 0 Å². The van der Waals surface area contributed by atoms with E-state index in [0.29, 0.717) is 17.5 Å². The molecule has 7 rings (SSSR count). The highest BCUT2D eigenvalue weighted by Crippen LogP contribution is 2.38. The number of rotatable bonds is 3. The molecule has 0 aliphatic heterocycles. The van der Waals surface area contributed by atoms with Gasteiger partial charge in [0.2, 0.25) is 0 Å². The number of fused-ring (bicyclic) bond motifs is 5. The zero-order valence-electron chi connectivity index (χ0n) is 18.6. The topological polar surface area (TPSA) is 51.6 Å². The second kappa shape index (κ2) is 8.08. The number of thiophene rings is 1. The molecule has 0 saturated heterocycles. The molecule has 0 amide bonds. The van der Waals surface area contributed by atoms with Crippen LogP contribution in [0.1, 0.15) is 0 Å². The molecule has 0 radical (unpaired) electrons. The first-order chi connectivity index (χ1) is 17.3. The van der Waals surface area contributed by atoms with Gasteiger partial charge in [-0.05, 0) is 23.6 Å². The van der Waals surface area contributed by atoms with Gasteiger partial charge in [-0.1, -0.05) is 84.9 Å². The molecular weight excluding hydrogens is 448 g/mol. The number of aromatic nitrogens is 4. The van der Waals surface area contributed by atoms with Gasteiger partial charge in [0.1, 0.15) is 0 Å². The minimum absolute atomic E-state index is 0.663. The summed E-state index contributed by atoms with van der Waals surface area (Å²) in [6, 6.07) is 35.0. The van der Waals surface area contributed by atoms with Crippen molar-refractivity contribution in [2.24, 2.45) is 0 Å². The van der Waals surface area contributed by atoms with Gasteiger partial charge in [-0.3, -0.25) is 4.98 Å². The van der Waals surface area contributed by atoms with Gasteiger partial charge >= 0.3 is 0 Å². The quantitative estimate of drug-likeness (QED) is 0.267. The third kappa shape index (κ3) is 3.45. The van der Waals surface area contributed by atoms with Crippen LogP contribution in [0, 0.1) is 0 Å². The number of pyridine rings is 1. The molecule has 0 N–H and O–H groups in total. The van der Waals surface area contributed by atoms with E-state index in [9.17, 15) is 0 Å². The third-order valence-corrected chi connectivity index (χ3v) is 7.36. The molecule has 0 unspecified atom stereocenters. The fourth-order valence-electron chi connectivity index (χ4n) is 4.45. The van der Waals surface area contributed by atoms with E-state index in [1.165, 1.54) is 25.6 Å². The molecule has 35 heavy (non-hydrogen) atoms. The first-order valence-electron chi connectivity index (χ1n) is 11.4. The van der Waals surface area contributed by atoms with Crippen LogP contribution in [0.3, 0.4) is 0 Å². The van der Waals surface area contributed by atoms with E-state index >= 15 is 0 Å². The summed E-state index contributed by atoms with van der Waals surface area (Å²) < 4.78 is 2.43. The standard InChI is InChI=1S/C30H18N4S/c1-3-8-20(9-4-1)28-32-29(21-10-5-2-6-11-21)34-30(33-28)22-14-13-19-15-16-23-26-25(12-7-17-31-26)35-27(23)24(19)18-22/h1-18H. The van der Waals surface area contributed by atoms with E-state index in [0.717, 1.165) is 22.2 Å². The minimum Gasteiger partial charge on any atom is -0.255 e. The Hall–Kier alpha value is -4.48. The summed E-state index contributed by atoms with van der Waals surface area (Å²) in [5, 5.41) is 3.56. The predicted molar refractivity (Wildman–Crippen MR) is 144 cm³/mol. The van der Waals surface area contributed by atoms with Gasteiger partial charge in [-0.2, -0.15) is 0 Å². The molecule has 0 fully saturated rings. The number of nitrogens with zero attached hydrogens (tertiary/aromatic N) is 4. The maximum absolute atomic E-state index is 4.90. The molecule has 0 bridgehead atoms. The van der Waals surface area contributed by atoms with Gasteiger partial charge in [-0.25, -0.2) is 15.0 Å². The van der Waals surface area contributed by atoms with E-state index in [1.54, 1.807) is 11.3 Å². The van der Waals surface area contributed by atoms with Crippen LogP contribution in [0.15, 0.2) is 109 Å². The van der Waals surface area contributed by atoms with Crippen LogP contribution in [0.5, 0.6) is 0 Å². The van der Waals surface area contributed by atoms with Crippen molar-refractivity contribution in [3.8, 4) is 34.2 Å². The zero-order chi connectivity index (χ0) is 23.2. The van der Waals surface area contributed by atoms with Gasteiger partial charge in [0.05, 0.1) is 10.2 Å². The maximum Gasteiger partial charge on any atom is 0.164 e. The predicted octanol–water partition coefficient (Wildman–Crippen LogP) is 7.79. The fraction of sp³-hybridized carbons (Fsp3) is 0. The van der Waals surface area contributed by atoms with E-state index in [2.05, 4.69) is 41.4 Å². The Morgan fingerprint density at radius 3 is 1.83 bits per heavy atom. The molecule has 7 aromatic rings. The van der Waals surface area contributed by atoms with Crippen LogP contribution in [-0.4, -0.2) is 19.9 Å². The second-order valence-electron chi connectivity index (χ2n) is 8.37. The lowest BCUT2D eigenvalue weighted by atomic mass is 10.0. The molecule has 0 spiro atoms. The zero-order valence-corrected chi connectivity index (χ0v) is 19.4. The monoisotopic (exact) mass is 466 g/mol. The molecule has 4 nitrogen and oxygen atoms in total. The maximum atomic E-state index is 4.90. The fourth-order valence-corrected chi connectivity index (χ4v) is 5.64. The summed E-state index contributed by atoms with van der Waals surface area (Å²) in [7, 11) is 0. The molecule has 0 aliphatic rings. The molecule has 4 aromatic carbocycles. The van der Waals surface area contributed by atoms with Gasteiger partial charge in [0, 0.05) is 38.4 Å². The van der Waals surface area contributed by atoms with Gasteiger partial charge in [-0.15, -0.1) is 11.3 Å². The Kier molecular flexibility index (Phi) is 4.60. The van der Waals surface area contributed by atoms with Crippen molar-refractivity contribution in [3.05, 3.63) is 109 Å². The van der Waals surface area contributed by atoms with E-state index in [4.69, 9.17) is 15.0 Å². The van der Waals surface area contributed by atoms with E-state index in [1.807, 2.05) is 72.9 Å². The smallest absolute Gasteiger partial charge is 0.164 e. The van der Waals surface area contributed by atoms with Crippen LogP contribution in [0.4, 0.5) is 0 Å². The van der Waals surface area contributed by atoms with Crippen molar-refractivity contribution in [2.75, 3.05) is 0 Å². The van der Waals surface area contributed by atoms with Crippen LogP contribution < -0.4 is 0 Å². The Morgan fingerprint density at radius 1 is 0.514 bits per heavy atom. The summed E-state index contributed by atoms with van der Waals surface area (Å²) in [4.78, 5) is 19.2. The highest BCUT2D eigenvalue weighted by molar-refractivity contribution is 7.26. The molecule has 3 heterocycles. The van der Waals surface area contributed by atoms with Gasteiger partial charge < -0.3 is 0 Å². The Balaban J connectivity index is 1.47. The molecule has 3 aromatic heterocycles. The SMILES string of the molecule is c1ccc(-c2nc(-c3ccccc3)nc(-c3ccc4ccc5c6ncccc6sc5c4c3)n2)cc1. The summed E-state index contributed by atoms with van der Waals surface area (Å²) in [5.74, 6) is 1.99. The first-order valence-corrected chi connectivity index (χ1v) is 12.2. The van der Waals surface area contributed by atoms with Crippen molar-refractivity contribution < 1.29 is 0 Å². The molecule has 0 saturated carbocycles. The van der Waals surface area contributed by atoms with Crippen molar-refractivity contribution in [1.82, 2.24) is 19.9 Å². The second-order valence-corrected chi connectivity index (χ2v) is 9.42. The van der Waals surface area contributed by atoms with Crippen LogP contribution in [0.2, 0.25) is 0 Å². The van der Waals surface area contributed by atoms with Crippen LogP contribution in [-0.2, 0) is 0 Å². The summed E-state index contributed by atoms with van der Waals surface area (Å²) >= 11 is 1.78. The molecule has 5 heteroatoms. The summed E-state index contributed by atoms with van der Waals surface area (Å²) in [5.41, 5.74) is 3.95. The third-order valence-electron chi connectivity index (χ3n) is 6.17. The molecule has 0 atom stereocenters. The Labute approximate surface area is 205 Å². The summed E-state index contributed by atoms with van der Waals surface area (Å²) in [6.45, 7) is 0. The van der Waals surface area contributed by atoms with Crippen LogP contribution in [0.25, 0.3) is 65.2 Å². The highest BCUT2D eigenvalue weighted by atomic mass is 32.1. The average Bonchev–Trinajstić information content (AvgIpc) is 3.33. The van der Waals surface area contributed by atoms with Crippen LogP contribution >= 0.6 is 11.3 Å². The number of hydrogen-bond donors (Lipinski definition) is 0. The van der Waals surface area contributed by atoms with Gasteiger partial charge in [0.15, 0.2) is 17.5 Å². The lowest BCUT2D eigenvalue weighted by molar-refractivity contribution is 1.07. The van der Waals surface area contributed by atoms with Gasteiger partial charge in [0.25, 0.3) is 0 Å². The Bertz CT molecular complexity index is 1790. The molecular formula is C30H18N4S. The van der Waals surface area contributed by atoms with Crippen molar-refractivity contribution in [1.29, 1.82) is 0 Å². The molecule has 0 aliphatic carbocycles. The lowest BCUT2D eigenvalue weighted by Crippen LogP contribution is -2.00. The first kappa shape index (κ1) is 19.9. The Morgan fingerprint density at radius 2 is 1.14 bits per heavy atom. The van der Waals surface area contributed by atoms with E-state index in [-0.39, 0.29) is 0 Å². The number of hydrogen-bond acceptors (Lipinski definition) is 5. The normalized spacial score (nSPS) is 11.4. The number of benzene rings is 4. The minimum atomic E-state index is 0.663. The van der Waals surface area contributed by atoms with Crippen molar-refractivity contribution >= 4 is 42.4 Å². The average molecular weight is 467 g/mol. The van der Waals surface area contributed by atoms with Crippen molar-refractivity contribution in [2.45, 2.75) is 0 Å². The largest absolute Gasteiger partial charge is 0.255 e.